The summed E-state index contributed by atoms with van der Waals surface area (Å²) in [6.45, 7) is 15.9. The molecule has 0 saturated carbocycles. The molecule has 0 heterocycles. The number of hydrogen-bond acceptors (Lipinski definition) is 11. The van der Waals surface area contributed by atoms with E-state index >= 15 is 0 Å². The van der Waals surface area contributed by atoms with E-state index in [2.05, 4.69) is 0 Å². The lowest BCUT2D eigenvalue weighted by Crippen LogP contribution is -2.53. The Bertz CT molecular complexity index is 880. The predicted octanol–water partition coefficient (Wildman–Crippen LogP) is 3.95. The van der Waals surface area contributed by atoms with Crippen molar-refractivity contribution in [2.45, 2.75) is 117 Å². The summed E-state index contributed by atoms with van der Waals surface area (Å²) in [7, 11) is -4.01. The van der Waals surface area contributed by atoms with Gasteiger partial charge in [0.15, 0.2) is 6.10 Å². The lowest BCUT2D eigenvalue weighted by atomic mass is 10.1. The van der Waals surface area contributed by atoms with Crippen LogP contribution >= 0.6 is 0 Å². The van der Waals surface area contributed by atoms with Crippen LogP contribution in [0.2, 0.25) is 0 Å². The number of ether oxygens (including phenoxy) is 4. The molecule has 0 aliphatic carbocycles. The van der Waals surface area contributed by atoms with Gasteiger partial charge in [-0.15, -0.1) is 0 Å². The van der Waals surface area contributed by atoms with Crippen molar-refractivity contribution in [2.75, 3.05) is 12.9 Å². The van der Waals surface area contributed by atoms with Gasteiger partial charge in [-0.1, -0.05) is 0 Å². The van der Waals surface area contributed by atoms with E-state index in [1.165, 1.54) is 0 Å². The standard InChI is InChI=1S/C24H43NO11S/c1-12-32-19(27)17(36-37(11,30)31)15-13-14-16(18(26)33-22(2,3)4)25(20(28)34-23(5,6)7)21(29)35-24(8,9)10/h16-17H,12-15H2,1-11H3/t16-,17-/m0/s1. The van der Waals surface area contributed by atoms with Gasteiger partial charge in [-0.3, -0.25) is 4.18 Å². The van der Waals surface area contributed by atoms with Crippen LogP contribution in [-0.4, -0.2) is 79.3 Å². The van der Waals surface area contributed by atoms with Crippen LogP contribution in [0.25, 0.3) is 0 Å². The highest BCUT2D eigenvalue weighted by atomic mass is 32.2. The van der Waals surface area contributed by atoms with E-state index in [-0.39, 0.29) is 25.9 Å². The maximum absolute atomic E-state index is 13.2. The summed E-state index contributed by atoms with van der Waals surface area (Å²) in [6, 6.07) is -1.51. The second-order valence-electron chi connectivity index (χ2n) is 11.4. The van der Waals surface area contributed by atoms with E-state index in [1.807, 2.05) is 0 Å². The number of nitrogens with zero attached hydrogens (tertiary/aromatic N) is 1. The monoisotopic (exact) mass is 553 g/mol. The van der Waals surface area contributed by atoms with Gasteiger partial charge in [-0.25, -0.2) is 19.2 Å². The van der Waals surface area contributed by atoms with Gasteiger partial charge in [0.1, 0.15) is 22.8 Å². The molecule has 0 N–H and O–H groups in total. The van der Waals surface area contributed by atoms with E-state index in [1.54, 1.807) is 69.2 Å². The first-order chi connectivity index (χ1) is 16.5. The van der Waals surface area contributed by atoms with Gasteiger partial charge in [0.25, 0.3) is 10.1 Å². The molecule has 0 aromatic heterocycles. The van der Waals surface area contributed by atoms with Gasteiger partial charge in [0.2, 0.25) is 0 Å². The number of amides is 2. The fraction of sp³-hybridized carbons (Fsp3) is 0.833. The van der Waals surface area contributed by atoms with Crippen molar-refractivity contribution in [1.29, 1.82) is 0 Å². The number of imide groups is 1. The van der Waals surface area contributed by atoms with Gasteiger partial charge in [-0.2, -0.15) is 13.3 Å². The minimum atomic E-state index is -4.01. The highest BCUT2D eigenvalue weighted by Gasteiger charge is 2.42. The molecule has 0 aliphatic heterocycles. The summed E-state index contributed by atoms with van der Waals surface area (Å²) in [5.74, 6) is -1.82. The average Bonchev–Trinajstić information content (AvgIpc) is 2.60. The molecule has 13 heteroatoms. The Morgan fingerprint density at radius 3 is 1.51 bits per heavy atom. The summed E-state index contributed by atoms with van der Waals surface area (Å²) < 4.78 is 49.2. The zero-order chi connectivity index (χ0) is 29.4. The zero-order valence-electron chi connectivity index (χ0n) is 23.8. The number of hydrogen-bond donors (Lipinski definition) is 0. The van der Waals surface area contributed by atoms with Crippen LogP contribution < -0.4 is 0 Å². The summed E-state index contributed by atoms with van der Waals surface area (Å²) in [6.07, 6.45) is -3.40. The van der Waals surface area contributed by atoms with Gasteiger partial charge in [-0.05, 0) is 88.5 Å². The smallest absolute Gasteiger partial charge is 0.420 e. The topological polar surface area (TPSA) is 152 Å². The first-order valence-electron chi connectivity index (χ1n) is 12.0. The van der Waals surface area contributed by atoms with Crippen molar-refractivity contribution in [3.8, 4) is 0 Å². The minimum absolute atomic E-state index is 0.00590. The van der Waals surface area contributed by atoms with Crippen molar-refractivity contribution < 1.29 is 50.7 Å². The van der Waals surface area contributed by atoms with Gasteiger partial charge in [0, 0.05) is 0 Å². The molecule has 37 heavy (non-hydrogen) atoms. The predicted molar refractivity (Wildman–Crippen MR) is 134 cm³/mol. The van der Waals surface area contributed by atoms with Crippen molar-refractivity contribution in [3.05, 3.63) is 0 Å². The van der Waals surface area contributed by atoms with E-state index in [9.17, 15) is 27.6 Å². The molecule has 216 valence electrons. The summed E-state index contributed by atoms with van der Waals surface area (Å²) in [5.41, 5.74) is -2.97. The van der Waals surface area contributed by atoms with Crippen molar-refractivity contribution >= 4 is 34.2 Å². The maximum Gasteiger partial charge on any atom is 0.420 e. The molecule has 0 rings (SSSR count). The van der Waals surface area contributed by atoms with Crippen LogP contribution in [0.1, 0.15) is 88.5 Å². The summed E-state index contributed by atoms with van der Waals surface area (Å²) >= 11 is 0. The van der Waals surface area contributed by atoms with Crippen LogP contribution in [0.5, 0.6) is 0 Å². The third kappa shape index (κ3) is 15.4. The summed E-state index contributed by atoms with van der Waals surface area (Å²) in [5, 5.41) is 0. The Hall–Kier alpha value is -2.41. The number of carbonyl (C=O) groups excluding carboxylic acids is 4. The maximum atomic E-state index is 13.2. The van der Waals surface area contributed by atoms with Gasteiger partial charge in [0.05, 0.1) is 12.9 Å². The normalized spacial score (nSPS) is 14.2. The highest BCUT2D eigenvalue weighted by Crippen LogP contribution is 2.23. The van der Waals surface area contributed by atoms with Gasteiger partial charge >= 0.3 is 24.1 Å². The minimum Gasteiger partial charge on any atom is -0.464 e. The van der Waals surface area contributed by atoms with Gasteiger partial charge < -0.3 is 18.9 Å². The molecule has 2 amide bonds. The second kappa shape index (κ2) is 13.4. The molecule has 0 saturated heterocycles. The molecule has 0 radical (unpaired) electrons. The molecule has 0 aromatic carbocycles. The first-order valence-corrected chi connectivity index (χ1v) is 13.8. The fourth-order valence-corrected chi connectivity index (χ4v) is 3.42. The van der Waals surface area contributed by atoms with Crippen LogP contribution in [-0.2, 0) is 42.8 Å². The number of esters is 2. The lowest BCUT2D eigenvalue weighted by Gasteiger charge is -2.33. The second-order valence-corrected chi connectivity index (χ2v) is 13.0. The van der Waals surface area contributed by atoms with E-state index in [4.69, 9.17) is 23.1 Å². The van der Waals surface area contributed by atoms with Crippen LogP contribution in [0.4, 0.5) is 9.59 Å². The Morgan fingerprint density at radius 1 is 0.730 bits per heavy atom. The zero-order valence-corrected chi connectivity index (χ0v) is 24.6. The molecular formula is C24H43NO11S. The molecular weight excluding hydrogens is 510 g/mol. The Labute approximate surface area is 220 Å². The Morgan fingerprint density at radius 2 is 1.16 bits per heavy atom. The fourth-order valence-electron chi connectivity index (χ4n) is 2.82. The van der Waals surface area contributed by atoms with Crippen molar-refractivity contribution in [1.82, 2.24) is 4.90 Å². The molecule has 0 aromatic rings. The SMILES string of the molecule is CCOC(=O)[C@H](CCC[C@@H](C(=O)OC(C)(C)C)N(C(=O)OC(C)(C)C)C(=O)OC(C)(C)C)OS(C)(=O)=O. The molecule has 0 spiro atoms. The third-order valence-electron chi connectivity index (χ3n) is 3.96. The number of rotatable bonds is 10. The Balaban J connectivity index is 6.24. The number of carbonyl (C=O) groups is 4. The average molecular weight is 554 g/mol. The van der Waals surface area contributed by atoms with Crippen LogP contribution in [0.3, 0.4) is 0 Å². The molecule has 0 unspecified atom stereocenters. The molecule has 2 atom stereocenters. The van der Waals surface area contributed by atoms with Crippen molar-refractivity contribution in [2.24, 2.45) is 0 Å². The summed E-state index contributed by atoms with van der Waals surface area (Å²) in [4.78, 5) is 52.1. The van der Waals surface area contributed by atoms with E-state index < -0.39 is 63.2 Å². The molecule has 0 fully saturated rings. The molecule has 12 nitrogen and oxygen atoms in total. The highest BCUT2D eigenvalue weighted by molar-refractivity contribution is 7.86. The lowest BCUT2D eigenvalue weighted by molar-refractivity contribution is -0.161. The Kier molecular flexibility index (Phi) is 12.5. The van der Waals surface area contributed by atoms with Crippen LogP contribution in [0, 0.1) is 0 Å². The third-order valence-corrected chi connectivity index (χ3v) is 4.54. The van der Waals surface area contributed by atoms with E-state index in [0.29, 0.717) is 4.90 Å². The van der Waals surface area contributed by atoms with Crippen LogP contribution in [0.15, 0.2) is 0 Å². The molecule has 0 bridgehead atoms. The first kappa shape index (κ1) is 34.6. The molecule has 0 aliphatic rings. The van der Waals surface area contributed by atoms with E-state index in [0.717, 1.165) is 6.26 Å². The largest absolute Gasteiger partial charge is 0.464 e. The van der Waals surface area contributed by atoms with Crippen molar-refractivity contribution in [3.63, 3.8) is 0 Å². The quantitative estimate of drug-likeness (QED) is 0.220.